The summed E-state index contributed by atoms with van der Waals surface area (Å²) in [5, 5.41) is 10.3. The van der Waals surface area contributed by atoms with Gasteiger partial charge in [0.05, 0.1) is 6.10 Å². The fourth-order valence-corrected chi connectivity index (χ4v) is 2.96. The largest absolute Gasteiger partial charge is 0.386 e. The van der Waals surface area contributed by atoms with Gasteiger partial charge in [-0.1, -0.05) is 18.2 Å². The lowest BCUT2D eigenvalue weighted by atomic mass is 10.1. The molecule has 4 heteroatoms. The van der Waals surface area contributed by atoms with Gasteiger partial charge in [-0.3, -0.25) is 0 Å². The van der Waals surface area contributed by atoms with Crippen LogP contribution in [0.5, 0.6) is 0 Å². The maximum absolute atomic E-state index is 13.7. The van der Waals surface area contributed by atoms with Gasteiger partial charge in [-0.2, -0.15) is 0 Å². The molecular formula is C17H17F2NO. The number of aliphatic hydroxyl groups excluding tert-OH is 1. The van der Waals surface area contributed by atoms with Crippen LogP contribution in [0.2, 0.25) is 0 Å². The maximum atomic E-state index is 13.7. The first kappa shape index (κ1) is 14.0. The molecule has 2 unspecified atom stereocenters. The molecule has 2 aromatic rings. The van der Waals surface area contributed by atoms with E-state index in [1.54, 1.807) is 0 Å². The third kappa shape index (κ3) is 2.63. The number of aliphatic hydroxyl groups is 1. The number of anilines is 1. The van der Waals surface area contributed by atoms with Crippen LogP contribution in [0.1, 0.15) is 24.2 Å². The molecule has 0 spiro atoms. The zero-order valence-corrected chi connectivity index (χ0v) is 11.8. The van der Waals surface area contributed by atoms with E-state index in [2.05, 4.69) is 13.0 Å². The Hall–Kier alpha value is -1.94. The van der Waals surface area contributed by atoms with E-state index < -0.39 is 17.7 Å². The predicted octanol–water partition coefficient (Wildman–Crippen LogP) is 3.45. The molecule has 3 rings (SSSR count). The molecule has 0 amide bonds. The first-order valence-electron chi connectivity index (χ1n) is 7.04. The summed E-state index contributed by atoms with van der Waals surface area (Å²) in [6, 6.07) is 11.4. The highest BCUT2D eigenvalue weighted by Crippen LogP contribution is 2.33. The van der Waals surface area contributed by atoms with Crippen LogP contribution >= 0.6 is 0 Å². The van der Waals surface area contributed by atoms with E-state index in [1.165, 1.54) is 5.56 Å². The van der Waals surface area contributed by atoms with E-state index >= 15 is 0 Å². The molecule has 1 heterocycles. The van der Waals surface area contributed by atoms with Gasteiger partial charge in [-0.25, -0.2) is 8.78 Å². The first-order chi connectivity index (χ1) is 10.1. The first-order valence-corrected chi connectivity index (χ1v) is 7.04. The second-order valence-electron chi connectivity index (χ2n) is 5.52. The fourth-order valence-electron chi connectivity index (χ4n) is 2.96. The fraction of sp³-hybridized carbons (Fsp3) is 0.294. The number of fused-ring (bicyclic) bond motifs is 1. The molecule has 0 aromatic heterocycles. The summed E-state index contributed by atoms with van der Waals surface area (Å²) in [6.07, 6.45) is -0.163. The van der Waals surface area contributed by atoms with Crippen molar-refractivity contribution in [2.75, 3.05) is 11.4 Å². The highest BCUT2D eigenvalue weighted by molar-refractivity contribution is 5.59. The number of hydrogen-bond acceptors (Lipinski definition) is 2. The molecule has 0 radical (unpaired) electrons. The second-order valence-corrected chi connectivity index (χ2v) is 5.52. The van der Waals surface area contributed by atoms with Gasteiger partial charge < -0.3 is 10.0 Å². The van der Waals surface area contributed by atoms with Gasteiger partial charge in [0.15, 0.2) is 0 Å². The van der Waals surface area contributed by atoms with E-state index in [-0.39, 0.29) is 18.2 Å². The molecule has 2 aromatic carbocycles. The lowest BCUT2D eigenvalue weighted by Crippen LogP contribution is -2.33. The molecule has 21 heavy (non-hydrogen) atoms. The van der Waals surface area contributed by atoms with E-state index in [0.717, 1.165) is 30.3 Å². The number of halogens is 2. The summed E-state index contributed by atoms with van der Waals surface area (Å²) in [5.41, 5.74) is 2.28. The monoisotopic (exact) mass is 289 g/mol. The molecule has 2 nitrogen and oxygen atoms in total. The van der Waals surface area contributed by atoms with Crippen molar-refractivity contribution >= 4 is 5.69 Å². The van der Waals surface area contributed by atoms with Crippen LogP contribution in [0, 0.1) is 11.6 Å². The number of β-amino-alcohol motifs (C(OH)–C–C–N with tert-alkyl or cyclic N) is 1. The smallest absolute Gasteiger partial charge is 0.129 e. The van der Waals surface area contributed by atoms with Crippen molar-refractivity contribution < 1.29 is 13.9 Å². The Balaban J connectivity index is 1.85. The van der Waals surface area contributed by atoms with Gasteiger partial charge in [0.1, 0.15) is 11.6 Å². The minimum Gasteiger partial charge on any atom is -0.386 e. The van der Waals surface area contributed by atoms with E-state index in [1.807, 2.05) is 23.1 Å². The van der Waals surface area contributed by atoms with Crippen LogP contribution in [0.4, 0.5) is 14.5 Å². The summed E-state index contributed by atoms with van der Waals surface area (Å²) >= 11 is 0. The van der Waals surface area contributed by atoms with Gasteiger partial charge in [-0.05, 0) is 43.2 Å². The van der Waals surface area contributed by atoms with Crippen LogP contribution in [0.3, 0.4) is 0 Å². The summed E-state index contributed by atoms with van der Waals surface area (Å²) < 4.78 is 27.0. The Morgan fingerprint density at radius 2 is 2.00 bits per heavy atom. The van der Waals surface area contributed by atoms with Crippen molar-refractivity contribution in [2.45, 2.75) is 25.5 Å². The molecule has 0 fully saturated rings. The standard InChI is InChI=1S/C17H17F2NO/c1-11-8-12-4-2-3-5-16(12)20(11)10-17(21)14-9-13(18)6-7-15(14)19/h2-7,9,11,17,21H,8,10H2,1H3. The van der Waals surface area contributed by atoms with E-state index in [0.29, 0.717) is 0 Å². The lowest BCUT2D eigenvalue weighted by Gasteiger charge is -2.27. The average Bonchev–Trinajstić information content (AvgIpc) is 2.78. The maximum Gasteiger partial charge on any atom is 0.129 e. The minimum atomic E-state index is -1.06. The molecule has 0 saturated heterocycles. The zero-order chi connectivity index (χ0) is 15.0. The summed E-state index contributed by atoms with van der Waals surface area (Å²) in [7, 11) is 0. The van der Waals surface area contributed by atoms with Crippen LogP contribution in [-0.4, -0.2) is 17.7 Å². The molecular weight excluding hydrogens is 272 g/mol. The number of benzene rings is 2. The summed E-state index contributed by atoms with van der Waals surface area (Å²) in [5.74, 6) is -1.12. The van der Waals surface area contributed by atoms with Crippen LogP contribution < -0.4 is 4.90 Å². The van der Waals surface area contributed by atoms with Gasteiger partial charge >= 0.3 is 0 Å². The Bertz CT molecular complexity index is 659. The van der Waals surface area contributed by atoms with Crippen molar-refractivity contribution in [1.82, 2.24) is 0 Å². The number of hydrogen-bond donors (Lipinski definition) is 1. The molecule has 0 bridgehead atoms. The Labute approximate surface area is 122 Å². The average molecular weight is 289 g/mol. The van der Waals surface area contributed by atoms with Crippen LogP contribution in [-0.2, 0) is 6.42 Å². The lowest BCUT2D eigenvalue weighted by molar-refractivity contribution is 0.176. The molecule has 2 atom stereocenters. The quantitative estimate of drug-likeness (QED) is 0.935. The highest BCUT2D eigenvalue weighted by atomic mass is 19.1. The van der Waals surface area contributed by atoms with Crippen LogP contribution in [0.15, 0.2) is 42.5 Å². The molecule has 1 aliphatic heterocycles. The number of nitrogens with zero attached hydrogens (tertiary/aromatic N) is 1. The Morgan fingerprint density at radius 3 is 2.81 bits per heavy atom. The Morgan fingerprint density at radius 1 is 1.24 bits per heavy atom. The van der Waals surface area contributed by atoms with Crippen LogP contribution in [0.25, 0.3) is 0 Å². The highest BCUT2D eigenvalue weighted by Gasteiger charge is 2.28. The summed E-state index contributed by atoms with van der Waals surface area (Å²) in [4.78, 5) is 2.05. The van der Waals surface area contributed by atoms with Crippen molar-refractivity contribution in [3.05, 3.63) is 65.2 Å². The normalized spacial score (nSPS) is 18.7. The van der Waals surface area contributed by atoms with Gasteiger partial charge in [0, 0.05) is 23.8 Å². The number of para-hydroxylation sites is 1. The molecule has 0 saturated carbocycles. The third-order valence-electron chi connectivity index (χ3n) is 4.04. The van der Waals surface area contributed by atoms with Gasteiger partial charge in [0.25, 0.3) is 0 Å². The molecule has 1 aliphatic rings. The minimum absolute atomic E-state index is 0.00609. The van der Waals surface area contributed by atoms with Gasteiger partial charge in [-0.15, -0.1) is 0 Å². The SMILES string of the molecule is CC1Cc2ccccc2N1CC(O)c1cc(F)ccc1F. The number of rotatable bonds is 3. The van der Waals surface area contributed by atoms with E-state index in [9.17, 15) is 13.9 Å². The predicted molar refractivity (Wildman–Crippen MR) is 78.3 cm³/mol. The van der Waals surface area contributed by atoms with Crippen molar-refractivity contribution in [3.63, 3.8) is 0 Å². The van der Waals surface area contributed by atoms with Crippen molar-refractivity contribution in [3.8, 4) is 0 Å². The molecule has 0 aliphatic carbocycles. The summed E-state index contributed by atoms with van der Waals surface area (Å²) in [6.45, 7) is 2.31. The third-order valence-corrected chi connectivity index (χ3v) is 4.04. The van der Waals surface area contributed by atoms with E-state index in [4.69, 9.17) is 0 Å². The second kappa shape index (κ2) is 5.45. The molecule has 1 N–H and O–H groups in total. The topological polar surface area (TPSA) is 23.5 Å². The van der Waals surface area contributed by atoms with Crippen molar-refractivity contribution in [2.24, 2.45) is 0 Å². The Kier molecular flexibility index (Phi) is 3.64. The molecule has 110 valence electrons. The zero-order valence-electron chi connectivity index (χ0n) is 11.8. The van der Waals surface area contributed by atoms with Gasteiger partial charge in [0.2, 0.25) is 0 Å². The van der Waals surface area contributed by atoms with Crippen molar-refractivity contribution in [1.29, 1.82) is 0 Å².